The lowest BCUT2D eigenvalue weighted by Gasteiger charge is -2.35. The molecular formula is C31H36N4O2S. The zero-order valence-corrected chi connectivity index (χ0v) is 24.3. The molecule has 7 heteroatoms. The zero-order valence-electron chi connectivity index (χ0n) is 23.5. The highest BCUT2D eigenvalue weighted by atomic mass is 32.1. The Morgan fingerprint density at radius 1 is 0.868 bits per heavy atom. The number of benzene rings is 3. The van der Waals surface area contributed by atoms with Gasteiger partial charge in [0, 0.05) is 18.0 Å². The molecule has 0 spiro atoms. The maximum Gasteiger partial charge on any atom is 0.307 e. The van der Waals surface area contributed by atoms with E-state index in [1.165, 1.54) is 11.3 Å². The van der Waals surface area contributed by atoms with E-state index in [2.05, 4.69) is 66.7 Å². The van der Waals surface area contributed by atoms with Crippen molar-refractivity contribution in [1.29, 1.82) is 0 Å². The van der Waals surface area contributed by atoms with Crippen molar-refractivity contribution in [2.24, 2.45) is 12.5 Å². The molecule has 0 unspecified atom stereocenters. The Bertz CT molecular complexity index is 1720. The number of aromatic hydroxyl groups is 1. The molecule has 38 heavy (non-hydrogen) atoms. The number of phenolic OH excluding ortho intramolecular Hbond substituents is 1. The maximum atomic E-state index is 12.2. The van der Waals surface area contributed by atoms with Gasteiger partial charge in [0.05, 0.1) is 10.2 Å². The molecule has 0 bridgehead atoms. The monoisotopic (exact) mass is 528 g/mol. The third-order valence-corrected chi connectivity index (χ3v) is 8.52. The van der Waals surface area contributed by atoms with Crippen molar-refractivity contribution in [2.45, 2.75) is 65.7 Å². The number of fused-ring (bicyclic) bond motifs is 2. The van der Waals surface area contributed by atoms with Crippen LogP contribution in [0.2, 0.25) is 0 Å². The van der Waals surface area contributed by atoms with Gasteiger partial charge in [-0.1, -0.05) is 96.2 Å². The Morgan fingerprint density at radius 2 is 1.50 bits per heavy atom. The summed E-state index contributed by atoms with van der Waals surface area (Å²) >= 11 is 1.20. The lowest BCUT2D eigenvalue weighted by molar-refractivity contribution is 0.283. The summed E-state index contributed by atoms with van der Waals surface area (Å²) in [7, 11) is 1.77. The molecule has 0 radical (unpaired) electrons. The number of phenols is 1. The lowest BCUT2D eigenvalue weighted by Crippen LogP contribution is -2.27. The van der Waals surface area contributed by atoms with E-state index in [1.807, 2.05) is 36.4 Å². The highest BCUT2D eigenvalue weighted by Crippen LogP contribution is 2.44. The summed E-state index contributed by atoms with van der Waals surface area (Å²) in [6.07, 6.45) is 0.967. The van der Waals surface area contributed by atoms with Crippen molar-refractivity contribution in [1.82, 2.24) is 19.6 Å². The Labute approximate surface area is 227 Å². The van der Waals surface area contributed by atoms with Crippen LogP contribution in [0, 0.1) is 5.41 Å². The molecule has 3 aromatic carbocycles. The van der Waals surface area contributed by atoms with Gasteiger partial charge in [0.25, 0.3) is 0 Å². The van der Waals surface area contributed by atoms with E-state index < -0.39 is 5.41 Å². The second-order valence-electron chi connectivity index (χ2n) is 12.7. The number of aryl methyl sites for hydroxylation is 1. The van der Waals surface area contributed by atoms with E-state index in [9.17, 15) is 9.90 Å². The Hall–Kier alpha value is -3.45. The molecule has 0 amide bonds. The van der Waals surface area contributed by atoms with Gasteiger partial charge in [-0.2, -0.15) is 0 Å². The molecule has 5 aromatic rings. The number of aromatic nitrogens is 4. The van der Waals surface area contributed by atoms with Gasteiger partial charge >= 0.3 is 4.87 Å². The normalized spacial score (nSPS) is 13.1. The highest BCUT2D eigenvalue weighted by Gasteiger charge is 2.33. The SMILES string of the molecule is Cn1c(=O)sc2cc3nn(-c4cc(C(C)(C)CC(C)(C)C)cc(C(C)(C)c5ccccc5)c4O)nc3cc21. The van der Waals surface area contributed by atoms with Crippen molar-refractivity contribution in [2.75, 3.05) is 0 Å². The summed E-state index contributed by atoms with van der Waals surface area (Å²) in [6, 6.07) is 18.3. The Kier molecular flexibility index (Phi) is 6.06. The van der Waals surface area contributed by atoms with Crippen molar-refractivity contribution < 1.29 is 5.11 Å². The molecule has 1 N–H and O–H groups in total. The fourth-order valence-corrected chi connectivity index (χ4v) is 6.62. The van der Waals surface area contributed by atoms with Crippen molar-refractivity contribution in [3.8, 4) is 11.4 Å². The summed E-state index contributed by atoms with van der Waals surface area (Å²) in [5.74, 6) is 0.170. The van der Waals surface area contributed by atoms with Crippen LogP contribution in [0.4, 0.5) is 0 Å². The number of thiazole rings is 1. The quantitative estimate of drug-likeness (QED) is 0.265. The van der Waals surface area contributed by atoms with Gasteiger partial charge in [-0.15, -0.1) is 15.0 Å². The van der Waals surface area contributed by atoms with E-state index >= 15 is 0 Å². The first-order chi connectivity index (χ1) is 17.7. The lowest BCUT2D eigenvalue weighted by atomic mass is 9.70. The number of rotatable bonds is 5. The molecule has 0 atom stereocenters. The first-order valence-electron chi connectivity index (χ1n) is 13.0. The van der Waals surface area contributed by atoms with Crippen molar-refractivity contribution in [3.63, 3.8) is 0 Å². The Morgan fingerprint density at radius 3 is 2.13 bits per heavy atom. The van der Waals surface area contributed by atoms with Gasteiger partial charge in [-0.3, -0.25) is 4.79 Å². The number of hydrogen-bond acceptors (Lipinski definition) is 5. The van der Waals surface area contributed by atoms with Crippen LogP contribution in [0.1, 0.15) is 71.6 Å². The summed E-state index contributed by atoms with van der Waals surface area (Å²) in [4.78, 5) is 13.7. The Balaban J connectivity index is 1.75. The third kappa shape index (κ3) is 4.53. The molecule has 0 saturated heterocycles. The van der Waals surface area contributed by atoms with Crippen LogP contribution in [0.25, 0.3) is 26.9 Å². The highest BCUT2D eigenvalue weighted by molar-refractivity contribution is 7.16. The van der Waals surface area contributed by atoms with Crippen LogP contribution in [-0.2, 0) is 17.9 Å². The van der Waals surface area contributed by atoms with Gasteiger partial charge in [-0.05, 0) is 46.6 Å². The van der Waals surface area contributed by atoms with Gasteiger partial charge in [0.1, 0.15) is 22.5 Å². The molecule has 0 saturated carbocycles. The standard InChI is InChI=1S/C31H36N4O2S/c1-29(2,3)18-30(4,5)20-14-21(31(6,7)19-12-10-9-11-13-19)27(36)25(15-20)35-32-22-16-24-26(17-23(22)33-35)38-28(37)34(24)8/h9-17,36H,18H2,1-8H3. The van der Waals surface area contributed by atoms with Crippen LogP contribution in [0.5, 0.6) is 5.75 Å². The van der Waals surface area contributed by atoms with E-state index in [1.54, 1.807) is 16.4 Å². The molecule has 5 rings (SSSR count). The summed E-state index contributed by atoms with van der Waals surface area (Å²) in [5.41, 5.74) is 5.33. The first-order valence-corrected chi connectivity index (χ1v) is 13.8. The van der Waals surface area contributed by atoms with Crippen molar-refractivity contribution >= 4 is 32.6 Å². The number of nitrogens with zero attached hydrogens (tertiary/aromatic N) is 4. The number of hydrogen-bond donors (Lipinski definition) is 1. The zero-order chi connectivity index (χ0) is 27.6. The molecule has 2 heterocycles. The van der Waals surface area contributed by atoms with Crippen molar-refractivity contribution in [3.05, 3.63) is 81.0 Å². The fourth-order valence-electron chi connectivity index (χ4n) is 5.72. The smallest absolute Gasteiger partial charge is 0.307 e. The molecule has 0 aliphatic carbocycles. The van der Waals surface area contributed by atoms with Crippen LogP contribution in [0.15, 0.2) is 59.4 Å². The summed E-state index contributed by atoms with van der Waals surface area (Å²) in [6.45, 7) is 15.6. The van der Waals surface area contributed by atoms with Gasteiger partial charge in [0.15, 0.2) is 0 Å². The summed E-state index contributed by atoms with van der Waals surface area (Å²) < 4.78 is 2.50. The minimum absolute atomic E-state index is 0.0141. The van der Waals surface area contributed by atoms with Gasteiger partial charge in [-0.25, -0.2) is 0 Å². The predicted octanol–water partition coefficient (Wildman–Crippen LogP) is 7.08. The van der Waals surface area contributed by atoms with E-state index in [4.69, 9.17) is 10.2 Å². The first kappa shape index (κ1) is 26.2. The third-order valence-electron chi connectivity index (χ3n) is 7.52. The van der Waals surface area contributed by atoms with Crippen LogP contribution < -0.4 is 4.87 Å². The molecule has 0 fully saturated rings. The largest absolute Gasteiger partial charge is 0.505 e. The minimum Gasteiger partial charge on any atom is -0.505 e. The topological polar surface area (TPSA) is 72.9 Å². The molecule has 0 aliphatic heterocycles. The minimum atomic E-state index is -0.457. The second kappa shape index (κ2) is 8.80. The van der Waals surface area contributed by atoms with Gasteiger partial charge in [0.2, 0.25) is 0 Å². The molecule has 198 valence electrons. The predicted molar refractivity (Wildman–Crippen MR) is 157 cm³/mol. The maximum absolute atomic E-state index is 12.2. The molecule has 0 aliphatic rings. The van der Waals surface area contributed by atoms with Crippen LogP contribution >= 0.6 is 11.3 Å². The molecular weight excluding hydrogens is 492 g/mol. The van der Waals surface area contributed by atoms with Gasteiger partial charge < -0.3 is 9.67 Å². The van der Waals surface area contributed by atoms with E-state index in [0.717, 1.165) is 33.3 Å². The fraction of sp³-hybridized carbons (Fsp3) is 0.387. The van der Waals surface area contributed by atoms with E-state index in [0.29, 0.717) is 16.7 Å². The van der Waals surface area contributed by atoms with E-state index in [-0.39, 0.29) is 21.5 Å². The molecule has 6 nitrogen and oxygen atoms in total. The van der Waals surface area contributed by atoms with Crippen LogP contribution in [0.3, 0.4) is 0 Å². The summed E-state index contributed by atoms with van der Waals surface area (Å²) in [5, 5.41) is 21.3. The molecule has 2 aromatic heterocycles. The van der Waals surface area contributed by atoms with Crippen LogP contribution in [-0.4, -0.2) is 24.7 Å². The average Bonchev–Trinajstić information content (AvgIpc) is 3.36. The second-order valence-corrected chi connectivity index (χ2v) is 13.7. The average molecular weight is 529 g/mol.